The third-order valence-corrected chi connectivity index (χ3v) is 6.65. The lowest BCUT2D eigenvalue weighted by molar-refractivity contribution is 0.288. The Morgan fingerprint density at radius 3 is 1.94 bits per heavy atom. The molecule has 0 saturated heterocycles. The average molecular weight is 468 g/mol. The van der Waals surface area contributed by atoms with Gasteiger partial charge in [0.15, 0.2) is 23.0 Å². The van der Waals surface area contributed by atoms with Gasteiger partial charge in [0.05, 0.1) is 39.9 Å². The Hall–Kier alpha value is -2.91. The van der Waals surface area contributed by atoms with Crippen LogP contribution in [0.2, 0.25) is 0 Å². The topological polar surface area (TPSA) is 64.0 Å². The Labute approximate surface area is 205 Å². The van der Waals surface area contributed by atoms with Crippen molar-refractivity contribution in [2.45, 2.75) is 44.9 Å². The number of nitrogens with zero attached hydrogens (tertiary/aromatic N) is 2. The van der Waals surface area contributed by atoms with E-state index in [0.29, 0.717) is 11.5 Å². The quantitative estimate of drug-likeness (QED) is 0.366. The van der Waals surface area contributed by atoms with Crippen LogP contribution in [-0.2, 0) is 11.8 Å². The highest BCUT2D eigenvalue weighted by Crippen LogP contribution is 2.40. The van der Waals surface area contributed by atoms with Gasteiger partial charge in [0.25, 0.3) is 0 Å². The van der Waals surface area contributed by atoms with Crippen LogP contribution in [0.4, 0.5) is 0 Å². The van der Waals surface area contributed by atoms with Gasteiger partial charge in [-0.15, -0.1) is 0 Å². The number of ether oxygens (including phenoxy) is 4. The molecule has 0 saturated carbocycles. The van der Waals surface area contributed by atoms with Gasteiger partial charge in [0.1, 0.15) is 0 Å². The van der Waals surface area contributed by atoms with Crippen molar-refractivity contribution in [1.29, 1.82) is 5.26 Å². The van der Waals surface area contributed by atoms with E-state index in [1.807, 2.05) is 30.3 Å². The molecule has 0 bridgehead atoms. The number of aryl methyl sites for hydroxylation is 1. The zero-order valence-corrected chi connectivity index (χ0v) is 21.8. The molecule has 2 rings (SSSR count). The SMILES string of the molecule is COc1ccc(CCCN([11CH3])CCC[C@](C#N)(c2ccc(OC)c(OC)c2)C(C)C)cc1OC. The first-order chi connectivity index (χ1) is 16.3. The number of methoxy groups -OCH3 is 4. The van der Waals surface area contributed by atoms with E-state index in [4.69, 9.17) is 18.9 Å². The summed E-state index contributed by atoms with van der Waals surface area (Å²) < 4.78 is 21.6. The van der Waals surface area contributed by atoms with Crippen LogP contribution in [0.25, 0.3) is 0 Å². The fourth-order valence-electron chi connectivity index (χ4n) is 4.46. The molecule has 186 valence electrons. The molecule has 0 heterocycles. The van der Waals surface area contributed by atoms with Gasteiger partial charge in [0.2, 0.25) is 0 Å². The molecule has 6 nitrogen and oxygen atoms in total. The lowest BCUT2D eigenvalue weighted by Gasteiger charge is -2.32. The first-order valence-electron chi connectivity index (χ1n) is 11.9. The van der Waals surface area contributed by atoms with E-state index in [9.17, 15) is 5.26 Å². The molecule has 0 radical (unpaired) electrons. The molecule has 0 N–H and O–H groups in total. The van der Waals surface area contributed by atoms with E-state index < -0.39 is 5.41 Å². The zero-order valence-electron chi connectivity index (χ0n) is 21.8. The standard InChI is InChI=1S/C28H40N2O4/c1-21(2)28(20-29,23-12-14-25(32-5)27(19-23)34-7)15-9-17-30(3)16-8-10-22-11-13-24(31-4)26(18-22)33-6/h11-14,18-19,21H,8-10,15-17H2,1-7H3/t28-/m1/s1/i3-1. The fraction of sp³-hybridized carbons (Fsp3) is 0.536. The molecule has 2 aromatic carbocycles. The van der Waals surface area contributed by atoms with Crippen LogP contribution in [0, 0.1) is 17.2 Å². The fourth-order valence-corrected chi connectivity index (χ4v) is 4.46. The minimum Gasteiger partial charge on any atom is -0.493 e. The van der Waals surface area contributed by atoms with Gasteiger partial charge in [-0.05, 0) is 87.1 Å². The monoisotopic (exact) mass is 467 g/mol. The lowest BCUT2D eigenvalue weighted by Crippen LogP contribution is -2.32. The van der Waals surface area contributed by atoms with E-state index in [-0.39, 0.29) is 5.92 Å². The van der Waals surface area contributed by atoms with Crippen molar-refractivity contribution in [3.63, 3.8) is 0 Å². The van der Waals surface area contributed by atoms with Crippen molar-refractivity contribution >= 4 is 0 Å². The smallest absolute Gasteiger partial charge is 0.161 e. The summed E-state index contributed by atoms with van der Waals surface area (Å²) in [5, 5.41) is 10.2. The molecule has 0 unspecified atom stereocenters. The summed E-state index contributed by atoms with van der Waals surface area (Å²) in [6.45, 7) is 6.17. The predicted molar refractivity (Wildman–Crippen MR) is 136 cm³/mol. The van der Waals surface area contributed by atoms with Crippen LogP contribution in [-0.4, -0.2) is 53.5 Å². The maximum absolute atomic E-state index is 10.2. The molecule has 0 aliphatic carbocycles. The van der Waals surface area contributed by atoms with E-state index in [2.05, 4.69) is 37.9 Å². The van der Waals surface area contributed by atoms with Gasteiger partial charge in [-0.25, -0.2) is 0 Å². The maximum atomic E-state index is 10.2. The van der Waals surface area contributed by atoms with Crippen LogP contribution in [0.5, 0.6) is 23.0 Å². The number of rotatable bonds is 14. The molecule has 1 atom stereocenters. The van der Waals surface area contributed by atoms with E-state index >= 15 is 0 Å². The Bertz CT molecular complexity index is 954. The number of benzene rings is 2. The molecule has 0 spiro atoms. The Morgan fingerprint density at radius 1 is 0.824 bits per heavy atom. The summed E-state index contributed by atoms with van der Waals surface area (Å²) in [4.78, 5) is 2.35. The largest absolute Gasteiger partial charge is 0.493 e. The average Bonchev–Trinajstić information content (AvgIpc) is 2.85. The summed E-state index contributed by atoms with van der Waals surface area (Å²) in [6.07, 6.45) is 3.75. The molecule has 0 amide bonds. The van der Waals surface area contributed by atoms with Gasteiger partial charge in [0, 0.05) is 0 Å². The first kappa shape index (κ1) is 27.3. The molecule has 0 aliphatic rings. The Balaban J connectivity index is 1.95. The van der Waals surface area contributed by atoms with Gasteiger partial charge in [-0.2, -0.15) is 5.26 Å². The van der Waals surface area contributed by atoms with E-state index in [0.717, 1.165) is 55.8 Å². The Kier molecular flexibility index (Phi) is 10.5. The molecular formula is C28H40N2O4. The molecule has 0 aromatic heterocycles. The molecule has 34 heavy (non-hydrogen) atoms. The molecule has 6 heteroatoms. The van der Waals surface area contributed by atoms with Crippen molar-refractivity contribution in [3.05, 3.63) is 47.5 Å². The van der Waals surface area contributed by atoms with Crippen molar-refractivity contribution in [3.8, 4) is 29.1 Å². The summed E-state index contributed by atoms with van der Waals surface area (Å²) >= 11 is 0. The molecule has 2 aromatic rings. The van der Waals surface area contributed by atoms with Crippen LogP contribution < -0.4 is 18.9 Å². The molecule has 0 aliphatic heterocycles. The second-order valence-corrected chi connectivity index (χ2v) is 9.01. The predicted octanol–water partition coefficient (Wildman–Crippen LogP) is 5.48. The van der Waals surface area contributed by atoms with Crippen molar-refractivity contribution in [2.24, 2.45) is 5.92 Å². The first-order valence-corrected chi connectivity index (χ1v) is 11.9. The van der Waals surface area contributed by atoms with Crippen LogP contribution >= 0.6 is 0 Å². The van der Waals surface area contributed by atoms with Gasteiger partial charge in [-0.1, -0.05) is 26.0 Å². The minimum absolute atomic E-state index is 0.172. The van der Waals surface area contributed by atoms with E-state index in [1.54, 1.807) is 28.4 Å². The Morgan fingerprint density at radius 2 is 1.38 bits per heavy atom. The summed E-state index contributed by atoms with van der Waals surface area (Å²) in [5.74, 6) is 3.03. The zero-order chi connectivity index (χ0) is 25.1. The van der Waals surface area contributed by atoms with Gasteiger partial charge < -0.3 is 23.8 Å². The van der Waals surface area contributed by atoms with Crippen LogP contribution in [0.3, 0.4) is 0 Å². The molecule has 0 fully saturated rings. The minimum atomic E-state index is -0.569. The summed E-state index contributed by atoms with van der Waals surface area (Å²) in [6, 6.07) is 14.6. The van der Waals surface area contributed by atoms with Crippen molar-refractivity contribution < 1.29 is 18.9 Å². The summed E-state index contributed by atoms with van der Waals surface area (Å²) in [7, 11) is 8.71. The van der Waals surface area contributed by atoms with Crippen molar-refractivity contribution in [2.75, 3.05) is 48.6 Å². The van der Waals surface area contributed by atoms with Gasteiger partial charge >= 0.3 is 0 Å². The third kappa shape index (κ3) is 6.57. The normalized spacial score (nSPS) is 12.8. The highest BCUT2D eigenvalue weighted by molar-refractivity contribution is 5.47. The van der Waals surface area contributed by atoms with Gasteiger partial charge in [-0.3, -0.25) is 0 Å². The van der Waals surface area contributed by atoms with Crippen molar-refractivity contribution in [1.82, 2.24) is 4.90 Å². The number of nitriles is 1. The second-order valence-electron chi connectivity index (χ2n) is 9.01. The molecular weight excluding hydrogens is 427 g/mol. The second kappa shape index (κ2) is 13.1. The summed E-state index contributed by atoms with van der Waals surface area (Å²) in [5.41, 5.74) is 1.65. The highest BCUT2D eigenvalue weighted by atomic mass is 16.5. The van der Waals surface area contributed by atoms with Crippen LogP contribution in [0.15, 0.2) is 36.4 Å². The van der Waals surface area contributed by atoms with E-state index in [1.165, 1.54) is 5.56 Å². The lowest BCUT2D eigenvalue weighted by atomic mass is 9.69. The highest BCUT2D eigenvalue weighted by Gasteiger charge is 2.36. The van der Waals surface area contributed by atoms with Crippen LogP contribution in [0.1, 0.15) is 44.2 Å². The number of hydrogen-bond acceptors (Lipinski definition) is 6. The number of hydrogen-bond donors (Lipinski definition) is 0. The maximum Gasteiger partial charge on any atom is 0.161 e. The third-order valence-electron chi connectivity index (χ3n) is 6.65.